The first-order chi connectivity index (χ1) is 2.30. The quantitative estimate of drug-likeness (QED) is 0.442. The van der Waals surface area contributed by atoms with Gasteiger partial charge in [-0.2, -0.15) is 0 Å². The third-order valence-electron chi connectivity index (χ3n) is 0.876. The van der Waals surface area contributed by atoms with E-state index in [4.69, 9.17) is 0 Å². The average Bonchev–Trinajstić information content (AvgIpc) is 1.79. The van der Waals surface area contributed by atoms with Crippen LogP contribution in [0.3, 0.4) is 0 Å². The van der Waals surface area contributed by atoms with Crippen LogP contribution >= 0.6 is 15.9 Å². The molecule has 29 valence electrons. The molecule has 0 unspecified atom stereocenters. The molecule has 1 aliphatic rings. The van der Waals surface area contributed by atoms with Crippen molar-refractivity contribution in [3.05, 3.63) is 5.92 Å². The minimum Gasteiger partial charge on any atom is -0.0884 e. The van der Waals surface area contributed by atoms with Crippen LogP contribution in [0.4, 0.5) is 0 Å². The Kier molecular flexibility index (Phi) is 0.710. The molecule has 0 N–H and O–H groups in total. The number of alkyl halides is 1. The van der Waals surface area contributed by atoms with Crippen molar-refractivity contribution in [1.82, 2.24) is 0 Å². The summed E-state index contributed by atoms with van der Waals surface area (Å²) in [7, 11) is 0. The summed E-state index contributed by atoms with van der Waals surface area (Å²) in [6.45, 7) is 2.17. The van der Waals surface area contributed by atoms with E-state index >= 15 is 0 Å². The largest absolute Gasteiger partial charge is 0.0884 e. The molecule has 0 aromatic rings. The zero-order valence-electron chi connectivity index (χ0n) is 3.16. The minimum absolute atomic E-state index is 0.780. The Balaban J connectivity index is 2.20. The summed E-state index contributed by atoms with van der Waals surface area (Å²) in [6, 6.07) is 0. The van der Waals surface area contributed by atoms with E-state index in [1.807, 2.05) is 0 Å². The van der Waals surface area contributed by atoms with Crippen molar-refractivity contribution in [2.45, 2.75) is 18.2 Å². The van der Waals surface area contributed by atoms with Crippen LogP contribution in [0.5, 0.6) is 0 Å². The molecule has 0 aromatic heterocycles. The van der Waals surface area contributed by atoms with Gasteiger partial charge in [0.2, 0.25) is 0 Å². The third kappa shape index (κ3) is 0.656. The maximum Gasteiger partial charge on any atom is 0.0211 e. The van der Waals surface area contributed by atoms with Crippen LogP contribution in [-0.2, 0) is 0 Å². The Hall–Kier alpha value is 0.480. The lowest BCUT2D eigenvalue weighted by Gasteiger charge is -1.64. The first kappa shape index (κ1) is 3.66. The van der Waals surface area contributed by atoms with Gasteiger partial charge >= 0.3 is 0 Å². The standard InChI is InChI=1S/C4H6Br/c1-3-2-4(3)5/h4H,2H2,1H3/t4-/m0/s1. The van der Waals surface area contributed by atoms with E-state index in [-0.39, 0.29) is 0 Å². The molecule has 0 aliphatic heterocycles. The van der Waals surface area contributed by atoms with Crippen molar-refractivity contribution in [3.8, 4) is 0 Å². The highest BCUT2D eigenvalue weighted by Crippen LogP contribution is 2.38. The van der Waals surface area contributed by atoms with Gasteiger partial charge < -0.3 is 0 Å². The van der Waals surface area contributed by atoms with Gasteiger partial charge in [-0.25, -0.2) is 0 Å². The first-order valence-corrected chi connectivity index (χ1v) is 2.68. The van der Waals surface area contributed by atoms with Crippen molar-refractivity contribution >= 4 is 15.9 Å². The van der Waals surface area contributed by atoms with Crippen molar-refractivity contribution in [3.63, 3.8) is 0 Å². The van der Waals surface area contributed by atoms with E-state index in [1.165, 1.54) is 6.42 Å². The summed E-state index contributed by atoms with van der Waals surface area (Å²) in [6.07, 6.45) is 1.31. The van der Waals surface area contributed by atoms with Gasteiger partial charge in [0.05, 0.1) is 0 Å². The SMILES string of the molecule is C[C]1C[C@@H]1Br. The highest BCUT2D eigenvalue weighted by Gasteiger charge is 2.29. The lowest BCUT2D eigenvalue weighted by Crippen LogP contribution is -1.57. The lowest BCUT2D eigenvalue weighted by molar-refractivity contribution is 1.40. The van der Waals surface area contributed by atoms with Crippen LogP contribution in [0.1, 0.15) is 13.3 Å². The molecule has 0 heterocycles. The van der Waals surface area contributed by atoms with Crippen molar-refractivity contribution in [2.75, 3.05) is 0 Å². The van der Waals surface area contributed by atoms with Crippen molar-refractivity contribution in [2.24, 2.45) is 0 Å². The molecule has 0 bridgehead atoms. The number of rotatable bonds is 0. The molecule has 0 saturated heterocycles. The Labute approximate surface area is 40.7 Å². The number of halogens is 1. The number of hydrogen-bond donors (Lipinski definition) is 0. The smallest absolute Gasteiger partial charge is 0.0211 e. The molecule has 1 heteroatoms. The highest BCUT2D eigenvalue weighted by molar-refractivity contribution is 9.09. The van der Waals surface area contributed by atoms with E-state index < -0.39 is 0 Å². The summed E-state index contributed by atoms with van der Waals surface area (Å²) >= 11 is 3.41. The Morgan fingerprint density at radius 3 is 2.20 bits per heavy atom. The molecule has 1 saturated carbocycles. The molecule has 1 aliphatic carbocycles. The van der Waals surface area contributed by atoms with Crippen LogP contribution in [0.15, 0.2) is 0 Å². The van der Waals surface area contributed by atoms with Crippen LogP contribution in [0, 0.1) is 5.92 Å². The zero-order valence-corrected chi connectivity index (χ0v) is 4.75. The van der Waals surface area contributed by atoms with Gasteiger partial charge in [0.25, 0.3) is 0 Å². The molecule has 0 amide bonds. The maximum atomic E-state index is 3.41. The Bertz CT molecular complexity index is 36.9. The maximum absolute atomic E-state index is 3.41. The summed E-state index contributed by atoms with van der Waals surface area (Å²) in [5.74, 6) is 1.59. The third-order valence-corrected chi connectivity index (χ3v) is 1.98. The van der Waals surface area contributed by atoms with E-state index in [1.54, 1.807) is 5.92 Å². The molecular weight excluding hydrogens is 128 g/mol. The zero-order chi connectivity index (χ0) is 3.86. The summed E-state index contributed by atoms with van der Waals surface area (Å²) in [5.41, 5.74) is 0. The van der Waals surface area contributed by atoms with Crippen molar-refractivity contribution in [1.29, 1.82) is 0 Å². The van der Waals surface area contributed by atoms with Crippen LogP contribution in [-0.4, -0.2) is 4.83 Å². The second kappa shape index (κ2) is 0.970. The van der Waals surface area contributed by atoms with Gasteiger partial charge in [-0.05, 0) is 12.3 Å². The molecule has 1 atom stereocenters. The van der Waals surface area contributed by atoms with Crippen LogP contribution in [0.2, 0.25) is 0 Å². The van der Waals surface area contributed by atoms with Crippen LogP contribution in [0.25, 0.3) is 0 Å². The van der Waals surface area contributed by atoms with E-state index in [0.717, 1.165) is 4.83 Å². The molecule has 0 aromatic carbocycles. The topological polar surface area (TPSA) is 0 Å². The second-order valence-corrected chi connectivity index (χ2v) is 2.62. The predicted octanol–water partition coefficient (Wildman–Crippen LogP) is 1.75. The monoisotopic (exact) mass is 133 g/mol. The molecule has 0 spiro atoms. The van der Waals surface area contributed by atoms with Gasteiger partial charge in [-0.1, -0.05) is 22.9 Å². The Morgan fingerprint density at radius 2 is 2.20 bits per heavy atom. The van der Waals surface area contributed by atoms with Gasteiger partial charge in [0, 0.05) is 4.83 Å². The van der Waals surface area contributed by atoms with Gasteiger partial charge in [0.15, 0.2) is 0 Å². The molecule has 1 radical (unpaired) electrons. The summed E-state index contributed by atoms with van der Waals surface area (Å²) in [5, 5.41) is 0. The molecule has 1 fully saturated rings. The fraction of sp³-hybridized carbons (Fsp3) is 0.750. The van der Waals surface area contributed by atoms with Crippen LogP contribution < -0.4 is 0 Å². The molecule has 0 nitrogen and oxygen atoms in total. The summed E-state index contributed by atoms with van der Waals surface area (Å²) < 4.78 is 0. The fourth-order valence-electron chi connectivity index (χ4n) is 0.224. The average molecular weight is 134 g/mol. The minimum atomic E-state index is 0.780. The predicted molar refractivity (Wildman–Crippen MR) is 26.2 cm³/mol. The van der Waals surface area contributed by atoms with E-state index in [2.05, 4.69) is 22.9 Å². The van der Waals surface area contributed by atoms with E-state index in [9.17, 15) is 0 Å². The molecule has 1 rings (SSSR count). The molecule has 5 heavy (non-hydrogen) atoms. The van der Waals surface area contributed by atoms with Crippen molar-refractivity contribution < 1.29 is 0 Å². The first-order valence-electron chi connectivity index (χ1n) is 1.77. The van der Waals surface area contributed by atoms with Gasteiger partial charge in [0.1, 0.15) is 0 Å². The second-order valence-electron chi connectivity index (χ2n) is 1.52. The summed E-state index contributed by atoms with van der Waals surface area (Å²) in [4.78, 5) is 0.780. The van der Waals surface area contributed by atoms with Gasteiger partial charge in [-0.15, -0.1) is 0 Å². The molecular formula is C4H6Br. The highest BCUT2D eigenvalue weighted by atomic mass is 79.9. The fourth-order valence-corrected chi connectivity index (χ4v) is 0.734. The normalized spacial score (nSPS) is 38.4. The Morgan fingerprint density at radius 1 is 2.00 bits per heavy atom. The number of hydrogen-bond acceptors (Lipinski definition) is 0. The lowest BCUT2D eigenvalue weighted by atomic mass is 10.5. The van der Waals surface area contributed by atoms with Gasteiger partial charge in [-0.3, -0.25) is 0 Å². The van der Waals surface area contributed by atoms with E-state index in [0.29, 0.717) is 0 Å².